The van der Waals surface area contributed by atoms with E-state index in [1.54, 1.807) is 0 Å². The van der Waals surface area contributed by atoms with Crippen LogP contribution in [0.4, 0.5) is 0 Å². The van der Waals surface area contributed by atoms with E-state index in [2.05, 4.69) is 97.1 Å². The summed E-state index contributed by atoms with van der Waals surface area (Å²) in [5.74, 6) is 0. The molecular formula is C24H20O-2. The van der Waals surface area contributed by atoms with Crippen molar-refractivity contribution < 1.29 is 4.74 Å². The quantitative estimate of drug-likeness (QED) is 0.394. The normalized spacial score (nSPS) is 13.4. The molecule has 2 unspecified atom stereocenters. The second-order valence-corrected chi connectivity index (χ2v) is 6.15. The van der Waals surface area contributed by atoms with Gasteiger partial charge in [-0.15, -0.1) is 5.56 Å². The molecule has 0 N–H and O–H groups in total. The van der Waals surface area contributed by atoms with Crippen LogP contribution in [0.25, 0.3) is 0 Å². The van der Waals surface area contributed by atoms with Crippen LogP contribution in [0.5, 0.6) is 0 Å². The van der Waals surface area contributed by atoms with E-state index in [0.717, 1.165) is 0 Å². The minimum absolute atomic E-state index is 0.101. The Morgan fingerprint density at radius 3 is 1.84 bits per heavy atom. The molecule has 0 heterocycles. The Labute approximate surface area is 148 Å². The molecule has 4 rings (SSSR count). The lowest BCUT2D eigenvalue weighted by Crippen LogP contribution is -2.12. The molecule has 0 amide bonds. The van der Waals surface area contributed by atoms with Crippen molar-refractivity contribution in [2.45, 2.75) is 12.2 Å². The molecule has 0 fully saturated rings. The third-order valence-corrected chi connectivity index (χ3v) is 4.46. The summed E-state index contributed by atoms with van der Waals surface area (Å²) in [6, 6.07) is 37.6. The van der Waals surface area contributed by atoms with Gasteiger partial charge in [-0.05, 0) is 11.1 Å². The molecule has 2 atom stereocenters. The second-order valence-electron chi connectivity index (χ2n) is 6.15. The number of hydrogen-bond donors (Lipinski definition) is 0. The summed E-state index contributed by atoms with van der Waals surface area (Å²) in [7, 11) is 0. The predicted molar refractivity (Wildman–Crippen MR) is 102 cm³/mol. The van der Waals surface area contributed by atoms with Crippen molar-refractivity contribution in [2.75, 3.05) is 0 Å². The maximum Gasteiger partial charge on any atom is 0.0845 e. The zero-order valence-corrected chi connectivity index (χ0v) is 14.0. The van der Waals surface area contributed by atoms with Crippen molar-refractivity contribution in [3.8, 4) is 0 Å². The summed E-state index contributed by atoms with van der Waals surface area (Å²) in [5.41, 5.74) is 4.69. The summed E-state index contributed by atoms with van der Waals surface area (Å²) in [6.45, 7) is 0. The molecule has 0 aliphatic rings. The molecule has 4 aromatic rings. The molecule has 1 nitrogen and oxygen atoms in total. The van der Waals surface area contributed by atoms with Crippen molar-refractivity contribution >= 4 is 0 Å². The zero-order valence-electron chi connectivity index (χ0n) is 14.0. The summed E-state index contributed by atoms with van der Waals surface area (Å²) in [4.78, 5) is 0. The molecule has 0 spiro atoms. The van der Waals surface area contributed by atoms with Crippen LogP contribution in [0.15, 0.2) is 109 Å². The molecule has 0 saturated carbocycles. The van der Waals surface area contributed by atoms with E-state index < -0.39 is 0 Å². The Kier molecular flexibility index (Phi) is 4.58. The number of rotatable bonds is 6. The highest BCUT2D eigenvalue weighted by Crippen LogP contribution is 2.36. The maximum atomic E-state index is 6.71. The van der Waals surface area contributed by atoms with Gasteiger partial charge in [0.05, 0.1) is 12.2 Å². The molecule has 25 heavy (non-hydrogen) atoms. The molecule has 0 bridgehead atoms. The average Bonchev–Trinajstić information content (AvgIpc) is 3.38. The fourth-order valence-corrected chi connectivity index (χ4v) is 3.22. The van der Waals surface area contributed by atoms with E-state index in [1.165, 1.54) is 22.3 Å². The molecule has 4 aromatic carbocycles. The van der Waals surface area contributed by atoms with E-state index in [4.69, 9.17) is 4.74 Å². The minimum Gasteiger partial charge on any atom is -0.372 e. The van der Waals surface area contributed by atoms with Crippen LogP contribution in [-0.4, -0.2) is 0 Å². The Morgan fingerprint density at radius 2 is 1.28 bits per heavy atom. The van der Waals surface area contributed by atoms with Gasteiger partial charge < -0.3 is 4.74 Å². The van der Waals surface area contributed by atoms with E-state index in [-0.39, 0.29) is 12.2 Å². The first-order chi connectivity index (χ1) is 12.4. The summed E-state index contributed by atoms with van der Waals surface area (Å²) < 4.78 is 6.71. The number of benzene rings is 2. The highest BCUT2D eigenvalue weighted by molar-refractivity contribution is 5.34. The van der Waals surface area contributed by atoms with Crippen molar-refractivity contribution in [2.24, 2.45) is 0 Å². The van der Waals surface area contributed by atoms with Crippen LogP contribution in [0.1, 0.15) is 34.5 Å². The first-order valence-electron chi connectivity index (χ1n) is 8.60. The fraction of sp³-hybridized carbons (Fsp3) is 0.0833. The highest BCUT2D eigenvalue weighted by atomic mass is 16.5. The van der Waals surface area contributed by atoms with Gasteiger partial charge in [-0.25, -0.2) is 18.2 Å². The maximum absolute atomic E-state index is 6.71. The molecule has 0 aromatic heterocycles. The lowest BCUT2D eigenvalue weighted by atomic mass is 10.0. The Hall–Kier alpha value is -2.90. The van der Waals surface area contributed by atoms with Crippen LogP contribution < -0.4 is 0 Å². The van der Waals surface area contributed by atoms with Gasteiger partial charge in [-0.1, -0.05) is 60.7 Å². The molecule has 0 radical (unpaired) electrons. The van der Waals surface area contributed by atoms with Gasteiger partial charge in [0.25, 0.3) is 0 Å². The van der Waals surface area contributed by atoms with Gasteiger partial charge in [0, 0.05) is 0 Å². The average molecular weight is 324 g/mol. The number of hydrogen-bond acceptors (Lipinski definition) is 1. The molecular weight excluding hydrogens is 304 g/mol. The Bertz CT molecular complexity index is 783. The second kappa shape index (κ2) is 7.33. The molecule has 124 valence electrons. The first-order valence-corrected chi connectivity index (χ1v) is 8.60. The third-order valence-electron chi connectivity index (χ3n) is 4.46. The van der Waals surface area contributed by atoms with Gasteiger partial charge in [0.1, 0.15) is 0 Å². The van der Waals surface area contributed by atoms with E-state index in [9.17, 15) is 0 Å². The first kappa shape index (κ1) is 15.6. The SMILES string of the molecule is c1ccc(C(OC(c2ccccc2)c2ccc[cH-]2)c2cc[cH-]c2)cc1. The highest BCUT2D eigenvalue weighted by Gasteiger charge is 2.18. The summed E-state index contributed by atoms with van der Waals surface area (Å²) >= 11 is 0. The van der Waals surface area contributed by atoms with E-state index in [1.807, 2.05) is 12.1 Å². The van der Waals surface area contributed by atoms with Crippen molar-refractivity contribution in [1.29, 1.82) is 0 Å². The van der Waals surface area contributed by atoms with Crippen LogP contribution in [0.2, 0.25) is 0 Å². The Morgan fingerprint density at radius 1 is 0.600 bits per heavy atom. The third kappa shape index (κ3) is 3.47. The lowest BCUT2D eigenvalue weighted by Gasteiger charge is -2.30. The van der Waals surface area contributed by atoms with Crippen LogP contribution in [-0.2, 0) is 4.74 Å². The molecule has 1 heteroatoms. The molecule has 0 aliphatic carbocycles. The fourth-order valence-electron chi connectivity index (χ4n) is 3.22. The largest absolute Gasteiger partial charge is 0.372 e. The summed E-state index contributed by atoms with van der Waals surface area (Å²) in [5, 5.41) is 0. The van der Waals surface area contributed by atoms with Crippen LogP contribution in [0.3, 0.4) is 0 Å². The lowest BCUT2D eigenvalue weighted by molar-refractivity contribution is 0.0312. The standard InChI is InChI=1S/C24H20O/c1-3-11-19(12-4-1)23(21-15-7-8-16-21)25-24(22-17-9-10-18-22)20-13-5-2-6-14-20/h1-18,23-24H/q-2. The predicted octanol–water partition coefficient (Wildman–Crippen LogP) is 6.02. The van der Waals surface area contributed by atoms with Crippen LogP contribution >= 0.6 is 0 Å². The van der Waals surface area contributed by atoms with Crippen molar-refractivity contribution in [3.63, 3.8) is 0 Å². The zero-order chi connectivity index (χ0) is 16.9. The van der Waals surface area contributed by atoms with Gasteiger partial charge >= 0.3 is 0 Å². The smallest absolute Gasteiger partial charge is 0.0845 e. The Balaban J connectivity index is 1.74. The minimum atomic E-state index is -0.101. The van der Waals surface area contributed by atoms with Crippen LogP contribution in [0, 0.1) is 0 Å². The molecule has 0 aliphatic heterocycles. The van der Waals surface area contributed by atoms with Gasteiger partial charge in [0.2, 0.25) is 0 Å². The van der Waals surface area contributed by atoms with Gasteiger partial charge in [-0.2, -0.15) is 35.9 Å². The van der Waals surface area contributed by atoms with Crippen molar-refractivity contribution in [3.05, 3.63) is 131 Å². The molecule has 0 saturated heterocycles. The monoisotopic (exact) mass is 324 g/mol. The van der Waals surface area contributed by atoms with Gasteiger partial charge in [0.15, 0.2) is 0 Å². The van der Waals surface area contributed by atoms with E-state index in [0.29, 0.717) is 0 Å². The van der Waals surface area contributed by atoms with Crippen molar-refractivity contribution in [1.82, 2.24) is 0 Å². The van der Waals surface area contributed by atoms with E-state index >= 15 is 0 Å². The topological polar surface area (TPSA) is 9.23 Å². The summed E-state index contributed by atoms with van der Waals surface area (Å²) in [6.07, 6.45) is -0.201. The van der Waals surface area contributed by atoms with Gasteiger partial charge in [-0.3, -0.25) is 0 Å². The number of ether oxygens (including phenoxy) is 1.